The number of nitrogens with one attached hydrogen (secondary N) is 1. The van der Waals surface area contributed by atoms with Gasteiger partial charge in [0, 0.05) is 5.56 Å². The number of hydrogen-bond acceptors (Lipinski definition) is 3. The Kier molecular flexibility index (Phi) is 4.63. The lowest BCUT2D eigenvalue weighted by atomic mass is 9.96. The van der Waals surface area contributed by atoms with Crippen molar-refractivity contribution in [1.29, 1.82) is 0 Å². The second kappa shape index (κ2) is 6.15. The van der Waals surface area contributed by atoms with Gasteiger partial charge in [-0.3, -0.25) is 4.79 Å². The maximum absolute atomic E-state index is 12.3. The Balaban J connectivity index is 2.13. The number of benzene rings is 1. The highest BCUT2D eigenvalue weighted by Gasteiger charge is 2.28. The number of carbonyl (C=O) groups is 1. The van der Waals surface area contributed by atoms with E-state index in [1.54, 1.807) is 32.0 Å². The second-order valence-corrected chi connectivity index (χ2v) is 6.10. The van der Waals surface area contributed by atoms with Crippen LogP contribution in [-0.4, -0.2) is 17.6 Å². The van der Waals surface area contributed by atoms with Crippen molar-refractivity contribution in [3.63, 3.8) is 0 Å². The number of aryl methyl sites for hydroxylation is 3. The summed E-state index contributed by atoms with van der Waals surface area (Å²) in [5.41, 5.74) is 0.689. The van der Waals surface area contributed by atoms with Crippen LogP contribution in [0.2, 0.25) is 5.02 Å². The van der Waals surface area contributed by atoms with Gasteiger partial charge < -0.3 is 14.8 Å². The van der Waals surface area contributed by atoms with Crippen molar-refractivity contribution in [2.45, 2.75) is 33.3 Å². The van der Waals surface area contributed by atoms with Crippen LogP contribution in [0, 0.1) is 20.8 Å². The van der Waals surface area contributed by atoms with Crippen LogP contribution in [0.15, 0.2) is 28.7 Å². The van der Waals surface area contributed by atoms with Gasteiger partial charge in [0.25, 0.3) is 5.91 Å². The lowest BCUT2D eigenvalue weighted by Gasteiger charge is -2.23. The molecule has 1 aromatic carbocycles. The minimum atomic E-state index is -1.21. The lowest BCUT2D eigenvalue weighted by Crippen LogP contribution is -2.38. The molecule has 5 heteroatoms. The van der Waals surface area contributed by atoms with E-state index in [1.807, 2.05) is 19.9 Å². The Labute approximate surface area is 135 Å². The molecule has 0 radical (unpaired) electrons. The predicted octanol–water partition coefficient (Wildman–Crippen LogP) is 3.50. The van der Waals surface area contributed by atoms with E-state index in [1.165, 1.54) is 0 Å². The van der Waals surface area contributed by atoms with Gasteiger partial charge in [0.05, 0.1) is 17.1 Å². The van der Waals surface area contributed by atoms with E-state index in [2.05, 4.69) is 5.32 Å². The Morgan fingerprint density at radius 1 is 1.36 bits per heavy atom. The van der Waals surface area contributed by atoms with E-state index in [-0.39, 0.29) is 12.5 Å². The minimum absolute atomic E-state index is 0.0654. The highest BCUT2D eigenvalue weighted by molar-refractivity contribution is 6.34. The zero-order valence-electron chi connectivity index (χ0n) is 13.2. The van der Waals surface area contributed by atoms with E-state index in [4.69, 9.17) is 16.0 Å². The second-order valence-electron chi connectivity index (χ2n) is 5.72. The molecule has 1 unspecified atom stereocenters. The zero-order chi connectivity index (χ0) is 16.5. The van der Waals surface area contributed by atoms with E-state index in [0.29, 0.717) is 21.9 Å². The highest BCUT2D eigenvalue weighted by Crippen LogP contribution is 2.27. The van der Waals surface area contributed by atoms with Crippen molar-refractivity contribution in [2.75, 3.05) is 6.54 Å². The number of halogens is 1. The third-order valence-corrected chi connectivity index (χ3v) is 4.15. The molecular formula is C17H20ClNO3. The first kappa shape index (κ1) is 16.6. The molecule has 1 aromatic heterocycles. The monoisotopic (exact) mass is 321 g/mol. The quantitative estimate of drug-likeness (QED) is 0.906. The van der Waals surface area contributed by atoms with Gasteiger partial charge in [-0.2, -0.15) is 0 Å². The first-order chi connectivity index (χ1) is 10.2. The molecule has 0 fully saturated rings. The average molecular weight is 322 g/mol. The van der Waals surface area contributed by atoms with E-state index in [0.717, 1.165) is 11.3 Å². The standard InChI is InChI=1S/C17H20ClNO3/c1-10-6-5-7-13(15(10)18)16(20)19-9-17(4,21)14-8-11(2)22-12(14)3/h5-8,21H,9H2,1-4H3,(H,19,20). The normalized spacial score (nSPS) is 13.7. The van der Waals surface area contributed by atoms with Crippen LogP contribution in [-0.2, 0) is 5.60 Å². The van der Waals surface area contributed by atoms with Gasteiger partial charge in [0.2, 0.25) is 0 Å². The van der Waals surface area contributed by atoms with Crippen LogP contribution in [0.3, 0.4) is 0 Å². The summed E-state index contributed by atoms with van der Waals surface area (Å²) in [5.74, 6) is 1.05. The largest absolute Gasteiger partial charge is 0.466 e. The Morgan fingerprint density at radius 2 is 2.05 bits per heavy atom. The van der Waals surface area contributed by atoms with Crippen LogP contribution < -0.4 is 5.32 Å². The van der Waals surface area contributed by atoms with Crippen LogP contribution in [0.4, 0.5) is 0 Å². The number of amides is 1. The van der Waals surface area contributed by atoms with Crippen LogP contribution >= 0.6 is 11.6 Å². The average Bonchev–Trinajstić information content (AvgIpc) is 2.79. The predicted molar refractivity (Wildman–Crippen MR) is 86.3 cm³/mol. The van der Waals surface area contributed by atoms with Crippen LogP contribution in [0.5, 0.6) is 0 Å². The summed E-state index contributed by atoms with van der Waals surface area (Å²) < 4.78 is 5.43. The molecule has 1 atom stereocenters. The fourth-order valence-electron chi connectivity index (χ4n) is 2.43. The molecule has 4 nitrogen and oxygen atoms in total. The van der Waals surface area contributed by atoms with E-state index >= 15 is 0 Å². The van der Waals surface area contributed by atoms with Gasteiger partial charge in [0.15, 0.2) is 0 Å². The summed E-state index contributed by atoms with van der Waals surface area (Å²) in [5, 5.41) is 13.7. The molecule has 22 heavy (non-hydrogen) atoms. The molecule has 0 aliphatic heterocycles. The van der Waals surface area contributed by atoms with Gasteiger partial charge in [0.1, 0.15) is 17.1 Å². The molecule has 1 amide bonds. The molecule has 1 heterocycles. The number of rotatable bonds is 4. The summed E-state index contributed by atoms with van der Waals surface area (Å²) in [7, 11) is 0. The smallest absolute Gasteiger partial charge is 0.252 e. The fourth-order valence-corrected chi connectivity index (χ4v) is 2.64. The van der Waals surface area contributed by atoms with E-state index < -0.39 is 5.60 Å². The summed E-state index contributed by atoms with van der Waals surface area (Å²) in [4.78, 5) is 12.3. The van der Waals surface area contributed by atoms with Crippen LogP contribution in [0.25, 0.3) is 0 Å². The first-order valence-corrected chi connectivity index (χ1v) is 7.43. The van der Waals surface area contributed by atoms with Crippen molar-refractivity contribution >= 4 is 17.5 Å². The SMILES string of the molecule is Cc1cc(C(C)(O)CNC(=O)c2cccc(C)c2Cl)c(C)o1. The summed E-state index contributed by atoms with van der Waals surface area (Å²) in [6, 6.07) is 7.05. The fraction of sp³-hybridized carbons (Fsp3) is 0.353. The highest BCUT2D eigenvalue weighted by atomic mass is 35.5. The molecule has 0 saturated carbocycles. The van der Waals surface area contributed by atoms with Crippen LogP contribution in [0.1, 0.15) is 39.9 Å². The molecule has 118 valence electrons. The van der Waals surface area contributed by atoms with Crippen molar-refractivity contribution in [1.82, 2.24) is 5.32 Å². The van der Waals surface area contributed by atoms with Gasteiger partial charge in [-0.05, 0) is 45.4 Å². The van der Waals surface area contributed by atoms with E-state index in [9.17, 15) is 9.90 Å². The van der Waals surface area contributed by atoms with Gasteiger partial charge >= 0.3 is 0 Å². The third-order valence-electron chi connectivity index (χ3n) is 3.65. The van der Waals surface area contributed by atoms with Crippen molar-refractivity contribution in [2.24, 2.45) is 0 Å². The Bertz CT molecular complexity index is 704. The molecule has 0 saturated heterocycles. The molecule has 2 N–H and O–H groups in total. The number of furan rings is 1. The first-order valence-electron chi connectivity index (χ1n) is 7.05. The molecule has 0 spiro atoms. The molecule has 0 bridgehead atoms. The maximum atomic E-state index is 12.3. The molecule has 0 aliphatic rings. The molecule has 2 rings (SSSR count). The molecular weight excluding hydrogens is 302 g/mol. The molecule has 2 aromatic rings. The van der Waals surface area contributed by atoms with Crippen molar-refractivity contribution in [3.05, 3.63) is 57.5 Å². The number of hydrogen-bond donors (Lipinski definition) is 2. The van der Waals surface area contributed by atoms with Gasteiger partial charge in [-0.15, -0.1) is 0 Å². The Morgan fingerprint density at radius 3 is 2.64 bits per heavy atom. The molecule has 0 aliphatic carbocycles. The summed E-state index contributed by atoms with van der Waals surface area (Å²) in [6.45, 7) is 7.15. The third kappa shape index (κ3) is 3.34. The van der Waals surface area contributed by atoms with Gasteiger partial charge in [-0.1, -0.05) is 23.7 Å². The van der Waals surface area contributed by atoms with Crippen molar-refractivity contribution in [3.8, 4) is 0 Å². The lowest BCUT2D eigenvalue weighted by molar-refractivity contribution is 0.0514. The van der Waals surface area contributed by atoms with Gasteiger partial charge in [-0.25, -0.2) is 0 Å². The topological polar surface area (TPSA) is 62.5 Å². The Hall–Kier alpha value is -1.78. The summed E-state index contributed by atoms with van der Waals surface area (Å²) >= 11 is 6.15. The minimum Gasteiger partial charge on any atom is -0.466 e. The number of aliphatic hydroxyl groups is 1. The summed E-state index contributed by atoms with van der Waals surface area (Å²) in [6.07, 6.45) is 0. The maximum Gasteiger partial charge on any atom is 0.252 e. The van der Waals surface area contributed by atoms with Crippen molar-refractivity contribution < 1.29 is 14.3 Å². The zero-order valence-corrected chi connectivity index (χ0v) is 13.9. The number of carbonyl (C=O) groups excluding carboxylic acids is 1.